The number of nitro benzene ring substituents is 1. The lowest BCUT2D eigenvalue weighted by atomic mass is 10.1. The molecule has 0 aromatic heterocycles. The Hall–Kier alpha value is -3.66. The number of carbonyl (C=O) groups excluding carboxylic acids is 3. The second-order valence-electron chi connectivity index (χ2n) is 5.87. The minimum atomic E-state index is -0.656. The van der Waals surface area contributed by atoms with Gasteiger partial charge in [0.05, 0.1) is 16.9 Å². The minimum Gasteiger partial charge on any atom is -0.496 e. The zero-order valence-electron chi connectivity index (χ0n) is 15.2. The number of rotatable bonds is 6. The molecule has 0 saturated carbocycles. The number of benzene rings is 2. The molecule has 1 aliphatic rings. The summed E-state index contributed by atoms with van der Waals surface area (Å²) in [4.78, 5) is 48.2. The first-order chi connectivity index (χ1) is 13.9. The molecule has 1 fully saturated rings. The summed E-state index contributed by atoms with van der Waals surface area (Å²) < 4.78 is 5.16. The first kappa shape index (κ1) is 20.1. The van der Waals surface area contributed by atoms with E-state index in [0.29, 0.717) is 23.2 Å². The lowest BCUT2D eigenvalue weighted by Gasteiger charge is -2.12. The standard InChI is InChI=1S/C19H15N3O6S/c1-28-15-8-7-14(22(26)27)9-12(15)10-16-18(24)21(19(25)29-16)11-17(23)20-13-5-3-2-4-6-13/h2-10H,11H2,1H3,(H,20,23)/b16-10+. The summed E-state index contributed by atoms with van der Waals surface area (Å²) >= 11 is 0.651. The van der Waals surface area contributed by atoms with E-state index in [1.165, 1.54) is 31.4 Å². The van der Waals surface area contributed by atoms with Crippen molar-refractivity contribution >= 4 is 46.3 Å². The summed E-state index contributed by atoms with van der Waals surface area (Å²) in [5.41, 5.74) is 0.640. The molecule has 10 heteroatoms. The van der Waals surface area contributed by atoms with Crippen molar-refractivity contribution in [3.05, 3.63) is 69.1 Å². The number of carbonyl (C=O) groups is 3. The molecule has 1 heterocycles. The van der Waals surface area contributed by atoms with Crippen LogP contribution in [0, 0.1) is 10.1 Å². The van der Waals surface area contributed by atoms with Gasteiger partial charge in [-0.25, -0.2) is 0 Å². The maximum Gasteiger partial charge on any atom is 0.294 e. The van der Waals surface area contributed by atoms with Crippen LogP contribution >= 0.6 is 11.8 Å². The molecular formula is C19H15N3O6S. The van der Waals surface area contributed by atoms with Gasteiger partial charge < -0.3 is 10.1 Å². The fourth-order valence-electron chi connectivity index (χ4n) is 2.59. The second kappa shape index (κ2) is 8.57. The number of amides is 3. The zero-order valence-corrected chi connectivity index (χ0v) is 16.0. The Kier molecular flexibility index (Phi) is 5.93. The van der Waals surface area contributed by atoms with Crippen LogP contribution in [0.1, 0.15) is 5.56 Å². The van der Waals surface area contributed by atoms with E-state index in [4.69, 9.17) is 4.74 Å². The molecule has 148 valence electrons. The van der Waals surface area contributed by atoms with Gasteiger partial charge in [0.15, 0.2) is 0 Å². The second-order valence-corrected chi connectivity index (χ2v) is 6.86. The van der Waals surface area contributed by atoms with Gasteiger partial charge in [-0.2, -0.15) is 0 Å². The molecule has 1 saturated heterocycles. The predicted molar refractivity (Wildman–Crippen MR) is 107 cm³/mol. The average Bonchev–Trinajstić information content (AvgIpc) is 2.96. The molecule has 2 aromatic rings. The van der Waals surface area contributed by atoms with Gasteiger partial charge in [-0.1, -0.05) is 18.2 Å². The monoisotopic (exact) mass is 413 g/mol. The topological polar surface area (TPSA) is 119 Å². The number of nitrogens with zero attached hydrogens (tertiary/aromatic N) is 2. The smallest absolute Gasteiger partial charge is 0.294 e. The van der Waals surface area contributed by atoms with Crippen LogP contribution in [0.25, 0.3) is 6.08 Å². The number of thioether (sulfide) groups is 1. The Morgan fingerprint density at radius 2 is 1.97 bits per heavy atom. The Labute approximate surface area is 169 Å². The molecule has 0 bridgehead atoms. The number of nitro groups is 1. The minimum absolute atomic E-state index is 0.0429. The van der Waals surface area contributed by atoms with Crippen LogP contribution in [0.2, 0.25) is 0 Å². The summed E-state index contributed by atoms with van der Waals surface area (Å²) in [5.74, 6) is -0.867. The van der Waals surface area contributed by atoms with Crippen LogP contribution in [0.15, 0.2) is 53.4 Å². The fraction of sp³-hybridized carbons (Fsp3) is 0.105. The summed E-state index contributed by atoms with van der Waals surface area (Å²) in [7, 11) is 1.39. The van der Waals surface area contributed by atoms with Crippen molar-refractivity contribution in [1.82, 2.24) is 4.90 Å². The molecule has 1 N–H and O–H groups in total. The van der Waals surface area contributed by atoms with Gasteiger partial charge >= 0.3 is 0 Å². The van der Waals surface area contributed by atoms with Gasteiger partial charge in [-0.05, 0) is 36.0 Å². The molecule has 0 aliphatic carbocycles. The Balaban J connectivity index is 1.79. The Morgan fingerprint density at radius 1 is 1.24 bits per heavy atom. The van der Waals surface area contributed by atoms with Crippen molar-refractivity contribution in [2.75, 3.05) is 19.0 Å². The molecule has 0 spiro atoms. The number of anilines is 1. The van der Waals surface area contributed by atoms with E-state index in [1.54, 1.807) is 30.3 Å². The van der Waals surface area contributed by atoms with Gasteiger partial charge in [0, 0.05) is 23.4 Å². The highest BCUT2D eigenvalue weighted by molar-refractivity contribution is 8.18. The zero-order chi connectivity index (χ0) is 21.0. The number of ether oxygens (including phenoxy) is 1. The van der Waals surface area contributed by atoms with Gasteiger partial charge in [-0.15, -0.1) is 0 Å². The molecule has 0 unspecified atom stereocenters. The number of methoxy groups -OCH3 is 1. The summed E-state index contributed by atoms with van der Waals surface area (Å²) in [6, 6.07) is 12.6. The number of nitrogens with one attached hydrogen (secondary N) is 1. The highest BCUT2D eigenvalue weighted by atomic mass is 32.2. The van der Waals surface area contributed by atoms with E-state index in [-0.39, 0.29) is 16.2 Å². The number of para-hydroxylation sites is 1. The van der Waals surface area contributed by atoms with Crippen molar-refractivity contribution in [1.29, 1.82) is 0 Å². The van der Waals surface area contributed by atoms with E-state index in [0.717, 1.165) is 4.90 Å². The van der Waals surface area contributed by atoms with E-state index < -0.39 is 28.5 Å². The Bertz CT molecular complexity index is 1020. The first-order valence-corrected chi connectivity index (χ1v) is 9.13. The molecule has 3 amide bonds. The van der Waals surface area contributed by atoms with Crippen molar-refractivity contribution in [2.24, 2.45) is 0 Å². The van der Waals surface area contributed by atoms with Crippen molar-refractivity contribution < 1.29 is 24.0 Å². The maximum atomic E-state index is 12.6. The van der Waals surface area contributed by atoms with Crippen LogP contribution in [0.3, 0.4) is 0 Å². The van der Waals surface area contributed by atoms with E-state index in [9.17, 15) is 24.5 Å². The van der Waals surface area contributed by atoms with Crippen LogP contribution in [0.5, 0.6) is 5.75 Å². The number of hydrogen-bond donors (Lipinski definition) is 1. The quantitative estimate of drug-likeness (QED) is 0.438. The molecule has 3 rings (SSSR count). The summed E-state index contributed by atoms with van der Waals surface area (Å²) in [6.07, 6.45) is 1.34. The molecule has 0 atom stereocenters. The molecular weight excluding hydrogens is 398 g/mol. The highest BCUT2D eigenvalue weighted by Gasteiger charge is 2.36. The lowest BCUT2D eigenvalue weighted by molar-refractivity contribution is -0.384. The molecule has 9 nitrogen and oxygen atoms in total. The normalized spacial score (nSPS) is 14.9. The Morgan fingerprint density at radius 3 is 2.62 bits per heavy atom. The van der Waals surface area contributed by atoms with Crippen LogP contribution in [-0.4, -0.2) is 40.5 Å². The van der Waals surface area contributed by atoms with E-state index >= 15 is 0 Å². The summed E-state index contributed by atoms with van der Waals surface area (Å²) in [5, 5.41) is 13.0. The van der Waals surface area contributed by atoms with Gasteiger partial charge in [-0.3, -0.25) is 29.4 Å². The molecule has 29 heavy (non-hydrogen) atoms. The lowest BCUT2D eigenvalue weighted by Crippen LogP contribution is -2.36. The van der Waals surface area contributed by atoms with Crippen molar-refractivity contribution in [3.8, 4) is 5.75 Å². The third kappa shape index (κ3) is 4.61. The largest absolute Gasteiger partial charge is 0.496 e. The summed E-state index contributed by atoms with van der Waals surface area (Å²) in [6.45, 7) is -0.441. The maximum absolute atomic E-state index is 12.6. The number of imide groups is 1. The van der Waals surface area contributed by atoms with E-state index in [1.807, 2.05) is 0 Å². The third-order valence-corrected chi connectivity index (χ3v) is 4.85. The molecule has 2 aromatic carbocycles. The molecule has 0 radical (unpaired) electrons. The van der Waals surface area contributed by atoms with E-state index in [2.05, 4.69) is 5.32 Å². The third-order valence-electron chi connectivity index (χ3n) is 3.94. The van der Waals surface area contributed by atoms with Crippen molar-refractivity contribution in [2.45, 2.75) is 0 Å². The predicted octanol–water partition coefficient (Wildman–Crippen LogP) is 3.28. The number of hydrogen-bond acceptors (Lipinski definition) is 7. The van der Waals surface area contributed by atoms with Crippen LogP contribution in [-0.2, 0) is 9.59 Å². The average molecular weight is 413 g/mol. The van der Waals surface area contributed by atoms with Gasteiger partial charge in [0.25, 0.3) is 16.8 Å². The number of non-ortho nitro benzene ring substituents is 1. The molecule has 1 aliphatic heterocycles. The van der Waals surface area contributed by atoms with Crippen molar-refractivity contribution in [3.63, 3.8) is 0 Å². The SMILES string of the molecule is COc1ccc([N+](=O)[O-])cc1/C=C1/SC(=O)N(CC(=O)Nc2ccccc2)C1=O. The van der Waals surface area contributed by atoms with Gasteiger partial charge in [0.1, 0.15) is 12.3 Å². The first-order valence-electron chi connectivity index (χ1n) is 8.31. The van der Waals surface area contributed by atoms with Crippen LogP contribution in [0.4, 0.5) is 16.2 Å². The van der Waals surface area contributed by atoms with Crippen LogP contribution < -0.4 is 10.1 Å². The fourth-order valence-corrected chi connectivity index (χ4v) is 3.42. The highest BCUT2D eigenvalue weighted by Crippen LogP contribution is 2.35. The van der Waals surface area contributed by atoms with Gasteiger partial charge in [0.2, 0.25) is 5.91 Å².